The van der Waals surface area contributed by atoms with Gasteiger partial charge >= 0.3 is 0 Å². The minimum absolute atomic E-state index is 0. The predicted octanol–water partition coefficient (Wildman–Crippen LogP) is -0.410. The molecule has 0 saturated heterocycles. The highest BCUT2D eigenvalue weighted by Crippen LogP contribution is 1.78. The SMILES string of the molecule is Cl.NOCCn1ccnn1. The summed E-state index contributed by atoms with van der Waals surface area (Å²) in [7, 11) is 0. The van der Waals surface area contributed by atoms with Crippen LogP contribution in [-0.4, -0.2) is 21.6 Å². The van der Waals surface area contributed by atoms with Crippen molar-refractivity contribution in [3.8, 4) is 0 Å². The Morgan fingerprint density at radius 3 is 2.90 bits per heavy atom. The zero-order valence-corrected chi connectivity index (χ0v) is 6.12. The molecule has 0 atom stereocenters. The second kappa shape index (κ2) is 5.16. The van der Waals surface area contributed by atoms with Gasteiger partial charge in [0, 0.05) is 6.20 Å². The van der Waals surface area contributed by atoms with Crippen LogP contribution in [0.4, 0.5) is 0 Å². The molecule has 1 aromatic rings. The molecule has 2 N–H and O–H groups in total. The van der Waals surface area contributed by atoms with E-state index in [-0.39, 0.29) is 12.4 Å². The van der Waals surface area contributed by atoms with Crippen molar-refractivity contribution in [1.29, 1.82) is 0 Å². The minimum Gasteiger partial charge on any atom is -0.303 e. The summed E-state index contributed by atoms with van der Waals surface area (Å²) < 4.78 is 1.65. The molecule has 1 aromatic heterocycles. The normalized spacial score (nSPS) is 8.90. The van der Waals surface area contributed by atoms with Crippen LogP contribution in [0.15, 0.2) is 12.4 Å². The molecule has 0 unspecified atom stereocenters. The minimum atomic E-state index is 0. The van der Waals surface area contributed by atoms with E-state index in [1.165, 1.54) is 0 Å². The first kappa shape index (κ1) is 9.35. The maximum Gasteiger partial charge on any atom is 0.0876 e. The number of nitrogens with two attached hydrogens (primary N) is 1. The first-order valence-electron chi connectivity index (χ1n) is 2.59. The number of halogens is 1. The van der Waals surface area contributed by atoms with Crippen molar-refractivity contribution in [1.82, 2.24) is 15.0 Å². The fraction of sp³-hybridized carbons (Fsp3) is 0.500. The molecule has 0 aliphatic carbocycles. The Balaban J connectivity index is 0.000000810. The maximum absolute atomic E-state index is 4.78. The highest BCUT2D eigenvalue weighted by atomic mass is 35.5. The summed E-state index contributed by atoms with van der Waals surface area (Å²) in [5, 5.41) is 7.28. The second-order valence-corrected chi connectivity index (χ2v) is 1.54. The van der Waals surface area contributed by atoms with Crippen molar-refractivity contribution in [2.24, 2.45) is 5.90 Å². The Kier molecular flexibility index (Phi) is 4.82. The average molecular weight is 165 g/mol. The van der Waals surface area contributed by atoms with Crippen LogP contribution >= 0.6 is 12.4 Å². The van der Waals surface area contributed by atoms with E-state index in [2.05, 4.69) is 15.1 Å². The molecule has 0 aliphatic rings. The molecule has 58 valence electrons. The lowest BCUT2D eigenvalue weighted by atomic mass is 10.7. The standard InChI is InChI=1S/C4H8N4O.ClH/c5-9-4-3-8-2-1-6-7-8;/h1-2H,3-5H2;1H. The smallest absolute Gasteiger partial charge is 0.0876 e. The van der Waals surface area contributed by atoms with E-state index in [1.807, 2.05) is 0 Å². The monoisotopic (exact) mass is 164 g/mol. The third-order valence-corrected chi connectivity index (χ3v) is 0.910. The lowest BCUT2D eigenvalue weighted by Crippen LogP contribution is -2.09. The highest BCUT2D eigenvalue weighted by molar-refractivity contribution is 5.85. The van der Waals surface area contributed by atoms with Gasteiger partial charge in [0.05, 0.1) is 19.3 Å². The van der Waals surface area contributed by atoms with E-state index < -0.39 is 0 Å². The second-order valence-electron chi connectivity index (χ2n) is 1.54. The topological polar surface area (TPSA) is 66.0 Å². The fourth-order valence-electron chi connectivity index (χ4n) is 0.498. The maximum atomic E-state index is 4.78. The third-order valence-electron chi connectivity index (χ3n) is 0.910. The van der Waals surface area contributed by atoms with Crippen molar-refractivity contribution in [3.63, 3.8) is 0 Å². The Morgan fingerprint density at radius 1 is 1.60 bits per heavy atom. The molecule has 1 rings (SSSR count). The summed E-state index contributed by atoms with van der Waals surface area (Å²) >= 11 is 0. The molecule has 0 spiro atoms. The zero-order chi connectivity index (χ0) is 6.53. The van der Waals surface area contributed by atoms with Gasteiger partial charge in [0.1, 0.15) is 0 Å². The number of nitrogens with zero attached hydrogens (tertiary/aromatic N) is 3. The third kappa shape index (κ3) is 2.77. The van der Waals surface area contributed by atoms with Crippen molar-refractivity contribution in [3.05, 3.63) is 12.4 Å². The van der Waals surface area contributed by atoms with Crippen LogP contribution in [0, 0.1) is 0 Å². The van der Waals surface area contributed by atoms with Crippen LogP contribution in [0.5, 0.6) is 0 Å². The van der Waals surface area contributed by atoms with Gasteiger partial charge in [0.2, 0.25) is 0 Å². The Morgan fingerprint density at radius 2 is 2.40 bits per heavy atom. The van der Waals surface area contributed by atoms with Crippen LogP contribution in [-0.2, 0) is 11.4 Å². The van der Waals surface area contributed by atoms with E-state index in [1.54, 1.807) is 17.1 Å². The van der Waals surface area contributed by atoms with Gasteiger partial charge in [-0.1, -0.05) is 5.21 Å². The first-order valence-corrected chi connectivity index (χ1v) is 2.59. The van der Waals surface area contributed by atoms with Crippen LogP contribution in [0.2, 0.25) is 0 Å². The van der Waals surface area contributed by atoms with E-state index in [4.69, 9.17) is 5.90 Å². The average Bonchev–Trinajstić information content (AvgIpc) is 2.34. The summed E-state index contributed by atoms with van der Waals surface area (Å²) in [5.74, 6) is 4.78. The number of aromatic nitrogens is 3. The molecule has 0 radical (unpaired) electrons. The molecule has 0 saturated carbocycles. The molecular formula is C4H9ClN4O. The Labute approximate surface area is 64.5 Å². The Bertz CT molecular complexity index is 154. The first-order chi connectivity index (χ1) is 4.43. The predicted molar refractivity (Wildman–Crippen MR) is 37.4 cm³/mol. The lowest BCUT2D eigenvalue weighted by Gasteiger charge is -1.95. The van der Waals surface area contributed by atoms with Gasteiger partial charge in [0.25, 0.3) is 0 Å². The lowest BCUT2D eigenvalue weighted by molar-refractivity contribution is 0.126. The van der Waals surface area contributed by atoms with Gasteiger partial charge in [-0.25, -0.2) is 5.90 Å². The van der Waals surface area contributed by atoms with Gasteiger partial charge < -0.3 is 4.84 Å². The zero-order valence-electron chi connectivity index (χ0n) is 5.30. The van der Waals surface area contributed by atoms with Crippen LogP contribution in [0.25, 0.3) is 0 Å². The van der Waals surface area contributed by atoms with Crippen molar-refractivity contribution >= 4 is 12.4 Å². The fourth-order valence-corrected chi connectivity index (χ4v) is 0.498. The molecular weight excluding hydrogens is 156 g/mol. The molecule has 0 fully saturated rings. The van der Waals surface area contributed by atoms with Crippen molar-refractivity contribution < 1.29 is 4.84 Å². The van der Waals surface area contributed by atoms with E-state index >= 15 is 0 Å². The molecule has 0 amide bonds. The Hall–Kier alpha value is -0.650. The quantitative estimate of drug-likeness (QED) is 0.617. The van der Waals surface area contributed by atoms with Gasteiger partial charge in [-0.15, -0.1) is 17.5 Å². The molecule has 10 heavy (non-hydrogen) atoms. The van der Waals surface area contributed by atoms with Gasteiger partial charge in [0.15, 0.2) is 0 Å². The van der Waals surface area contributed by atoms with E-state index in [0.717, 1.165) is 0 Å². The molecule has 1 heterocycles. The summed E-state index contributed by atoms with van der Waals surface area (Å²) in [5.41, 5.74) is 0. The highest BCUT2D eigenvalue weighted by Gasteiger charge is 1.87. The van der Waals surface area contributed by atoms with E-state index in [0.29, 0.717) is 13.2 Å². The number of hydrogen-bond donors (Lipinski definition) is 1. The summed E-state index contributed by atoms with van der Waals surface area (Å²) in [6, 6.07) is 0. The largest absolute Gasteiger partial charge is 0.303 e. The molecule has 0 aromatic carbocycles. The summed E-state index contributed by atoms with van der Waals surface area (Å²) in [6.45, 7) is 1.11. The summed E-state index contributed by atoms with van der Waals surface area (Å²) in [6.07, 6.45) is 3.36. The van der Waals surface area contributed by atoms with Crippen molar-refractivity contribution in [2.45, 2.75) is 6.54 Å². The molecule has 5 nitrogen and oxygen atoms in total. The van der Waals surface area contributed by atoms with Crippen LogP contribution in [0.3, 0.4) is 0 Å². The number of rotatable bonds is 3. The molecule has 6 heteroatoms. The van der Waals surface area contributed by atoms with Crippen LogP contribution in [0.1, 0.15) is 0 Å². The van der Waals surface area contributed by atoms with E-state index in [9.17, 15) is 0 Å². The number of hydrogen-bond acceptors (Lipinski definition) is 4. The van der Waals surface area contributed by atoms with Gasteiger partial charge in [-0.2, -0.15) is 0 Å². The van der Waals surface area contributed by atoms with Crippen LogP contribution < -0.4 is 5.90 Å². The molecule has 0 bridgehead atoms. The van der Waals surface area contributed by atoms with Gasteiger partial charge in [-0.3, -0.25) is 4.68 Å². The summed E-state index contributed by atoms with van der Waals surface area (Å²) in [4.78, 5) is 4.33. The van der Waals surface area contributed by atoms with Gasteiger partial charge in [-0.05, 0) is 0 Å². The molecule has 0 aliphatic heterocycles. The van der Waals surface area contributed by atoms with Crippen molar-refractivity contribution in [2.75, 3.05) is 6.61 Å².